The van der Waals surface area contributed by atoms with Crippen molar-refractivity contribution in [2.75, 3.05) is 22.9 Å². The Morgan fingerprint density at radius 2 is 1.61 bits per heavy atom. The fourth-order valence-corrected chi connectivity index (χ4v) is 9.17. The third-order valence-electron chi connectivity index (χ3n) is 11.5. The minimum absolute atomic E-state index is 0.0558. The molecule has 7 rings (SSSR count). The Morgan fingerprint density at radius 3 is 2.27 bits per heavy atom. The minimum atomic E-state index is 0.0558. The van der Waals surface area contributed by atoms with E-state index in [9.17, 15) is 0 Å². The molecule has 3 nitrogen and oxygen atoms in total. The lowest BCUT2D eigenvalue weighted by molar-refractivity contribution is -0.471. The van der Waals surface area contributed by atoms with Crippen LogP contribution in [0.1, 0.15) is 71.4 Å². The summed E-state index contributed by atoms with van der Waals surface area (Å²) in [6.07, 6.45) is 15.8. The van der Waals surface area contributed by atoms with Gasteiger partial charge in [-0.1, -0.05) is 98.6 Å². The topological polar surface area (TPSA) is 9.49 Å². The van der Waals surface area contributed by atoms with Crippen LogP contribution in [-0.2, 0) is 5.41 Å². The number of likely N-dealkylation sites (N-methyl/N-ethyl adjacent to an activating group) is 1. The van der Waals surface area contributed by atoms with Gasteiger partial charge in [0.1, 0.15) is 6.54 Å². The van der Waals surface area contributed by atoms with Crippen LogP contribution < -0.4 is 9.80 Å². The van der Waals surface area contributed by atoms with Gasteiger partial charge in [0, 0.05) is 52.2 Å². The second-order valence-corrected chi connectivity index (χ2v) is 15.2. The van der Waals surface area contributed by atoms with Gasteiger partial charge in [0.05, 0.1) is 17.5 Å². The average Bonchev–Trinajstić information content (AvgIpc) is 3.70. The first-order chi connectivity index (χ1) is 23.7. The van der Waals surface area contributed by atoms with E-state index in [0.29, 0.717) is 17.9 Å². The van der Waals surface area contributed by atoms with E-state index in [1.54, 1.807) is 0 Å². The van der Waals surface area contributed by atoms with Crippen molar-refractivity contribution in [1.82, 2.24) is 0 Å². The number of anilines is 3. The number of nitrogens with zero attached hydrogens (tertiary/aromatic N) is 3. The molecule has 4 heteroatoms. The highest BCUT2D eigenvalue weighted by Gasteiger charge is 2.44. The summed E-state index contributed by atoms with van der Waals surface area (Å²) in [6, 6.07) is 29.3. The molecule has 3 atom stereocenters. The quantitative estimate of drug-likeness (QED) is 0.210. The fraction of sp³-hybridized carbons (Fsp3) is 0.356. The molecule has 2 heterocycles. The Morgan fingerprint density at radius 1 is 0.918 bits per heavy atom. The first-order valence-corrected chi connectivity index (χ1v) is 18.7. The summed E-state index contributed by atoms with van der Waals surface area (Å²) >= 11 is 6.55. The number of hydrogen-bond donors (Lipinski definition) is 0. The predicted octanol–water partition coefficient (Wildman–Crippen LogP) is 11.4. The van der Waals surface area contributed by atoms with Crippen molar-refractivity contribution in [3.8, 4) is 0 Å². The summed E-state index contributed by atoms with van der Waals surface area (Å²) in [4.78, 5) is 5.14. The normalized spacial score (nSPS) is 23.8. The highest BCUT2D eigenvalue weighted by atomic mass is 35.5. The van der Waals surface area contributed by atoms with Gasteiger partial charge in [-0.2, -0.15) is 4.58 Å². The van der Waals surface area contributed by atoms with Gasteiger partial charge in [-0.3, -0.25) is 0 Å². The maximum absolute atomic E-state index is 6.55. The average molecular weight is 669 g/mol. The second-order valence-electron chi connectivity index (χ2n) is 14.7. The van der Waals surface area contributed by atoms with Crippen LogP contribution in [0.25, 0.3) is 0 Å². The van der Waals surface area contributed by atoms with E-state index in [0.717, 1.165) is 43.8 Å². The van der Waals surface area contributed by atoms with Gasteiger partial charge >= 0.3 is 0 Å². The van der Waals surface area contributed by atoms with Crippen molar-refractivity contribution >= 4 is 34.4 Å². The summed E-state index contributed by atoms with van der Waals surface area (Å²) in [6.45, 7) is 16.0. The van der Waals surface area contributed by atoms with E-state index in [2.05, 4.69) is 165 Å². The van der Waals surface area contributed by atoms with Crippen LogP contribution in [0.4, 0.5) is 17.1 Å². The lowest BCUT2D eigenvalue weighted by Crippen LogP contribution is -2.41. The Bertz CT molecular complexity index is 1870. The van der Waals surface area contributed by atoms with Gasteiger partial charge in [-0.05, 0) is 99.6 Å². The molecule has 0 fully saturated rings. The molecular formula is C45H51ClN3+. The molecular weight excluding hydrogens is 618 g/mol. The van der Waals surface area contributed by atoms with Gasteiger partial charge in [-0.25, -0.2) is 0 Å². The molecule has 2 aliphatic heterocycles. The van der Waals surface area contributed by atoms with Crippen LogP contribution >= 0.6 is 11.6 Å². The molecule has 0 saturated carbocycles. The number of para-hydroxylation sites is 2. The lowest BCUT2D eigenvalue weighted by atomic mass is 9.78. The minimum Gasteiger partial charge on any atom is -0.367 e. The molecule has 0 amide bonds. The zero-order valence-electron chi connectivity index (χ0n) is 30.1. The molecule has 252 valence electrons. The molecule has 2 aliphatic carbocycles. The monoisotopic (exact) mass is 668 g/mol. The van der Waals surface area contributed by atoms with Crippen LogP contribution in [0, 0.1) is 18.8 Å². The number of benzene rings is 3. The van der Waals surface area contributed by atoms with Crippen LogP contribution in [0.2, 0.25) is 0 Å². The predicted molar refractivity (Wildman–Crippen MR) is 209 cm³/mol. The van der Waals surface area contributed by atoms with Crippen molar-refractivity contribution in [2.24, 2.45) is 11.8 Å². The smallest absolute Gasteiger partial charge is 0.185 e. The summed E-state index contributed by atoms with van der Waals surface area (Å²) in [5, 5.41) is 0.962. The maximum Gasteiger partial charge on any atom is 0.185 e. The van der Waals surface area contributed by atoms with Gasteiger partial charge in [0.15, 0.2) is 11.4 Å². The molecule has 0 bridgehead atoms. The number of fused-ring (bicyclic) bond motifs is 2. The first kappa shape index (κ1) is 33.4. The molecule has 3 aromatic carbocycles. The maximum atomic E-state index is 6.55. The van der Waals surface area contributed by atoms with Gasteiger partial charge < -0.3 is 9.80 Å². The largest absolute Gasteiger partial charge is 0.367 e. The number of rotatable bonds is 9. The van der Waals surface area contributed by atoms with Crippen LogP contribution in [-0.4, -0.2) is 29.4 Å². The van der Waals surface area contributed by atoms with Gasteiger partial charge in [0.2, 0.25) is 0 Å². The number of aryl methyl sites for hydroxylation is 1. The van der Waals surface area contributed by atoms with E-state index in [1.807, 2.05) is 0 Å². The van der Waals surface area contributed by atoms with E-state index in [4.69, 9.17) is 11.6 Å². The molecule has 4 aliphatic rings. The van der Waals surface area contributed by atoms with Crippen molar-refractivity contribution in [1.29, 1.82) is 0 Å². The molecule has 0 radical (unpaired) electrons. The van der Waals surface area contributed by atoms with Gasteiger partial charge in [-0.15, -0.1) is 0 Å². The number of halogens is 1. The highest BCUT2D eigenvalue weighted by molar-refractivity contribution is 6.29. The second kappa shape index (κ2) is 13.7. The third-order valence-corrected chi connectivity index (χ3v) is 11.8. The lowest BCUT2D eigenvalue weighted by Gasteiger charge is -2.34. The zero-order valence-corrected chi connectivity index (χ0v) is 30.8. The summed E-state index contributed by atoms with van der Waals surface area (Å²) in [5.74, 6) is 0.860. The highest BCUT2D eigenvalue weighted by Crippen LogP contribution is 2.48. The molecule has 3 unspecified atom stereocenters. The van der Waals surface area contributed by atoms with Crippen LogP contribution in [0.3, 0.4) is 0 Å². The molecule has 0 spiro atoms. The van der Waals surface area contributed by atoms with Crippen LogP contribution in [0.5, 0.6) is 0 Å². The van der Waals surface area contributed by atoms with E-state index >= 15 is 0 Å². The Hall–Kier alpha value is -4.08. The molecule has 3 aromatic rings. The number of hydrogen-bond acceptors (Lipinski definition) is 2. The van der Waals surface area contributed by atoms with E-state index in [1.165, 1.54) is 56.4 Å². The van der Waals surface area contributed by atoms with Crippen molar-refractivity contribution in [3.05, 3.63) is 148 Å². The van der Waals surface area contributed by atoms with Crippen molar-refractivity contribution < 1.29 is 4.58 Å². The van der Waals surface area contributed by atoms with E-state index in [-0.39, 0.29) is 5.41 Å². The Kier molecular flexibility index (Phi) is 9.33. The first-order valence-electron chi connectivity index (χ1n) is 18.3. The summed E-state index contributed by atoms with van der Waals surface area (Å²) < 4.78 is 2.52. The molecule has 0 aromatic heterocycles. The molecule has 0 N–H and O–H groups in total. The third kappa shape index (κ3) is 6.05. The molecule has 0 saturated heterocycles. The summed E-state index contributed by atoms with van der Waals surface area (Å²) in [7, 11) is 0. The van der Waals surface area contributed by atoms with Crippen LogP contribution in [0.15, 0.2) is 137 Å². The van der Waals surface area contributed by atoms with Gasteiger partial charge in [0.25, 0.3) is 0 Å². The Labute approximate surface area is 299 Å². The SMILES string of the molecule is CCN1c2ccc(C)cc2C(C)(C)C1C/C=C1\CCC(/C=C/C2=[N+](CC)C3=CC=C(Cl)CC3C2C)=C1N(c1ccccc1)c1ccccc1. The van der Waals surface area contributed by atoms with Crippen molar-refractivity contribution in [3.63, 3.8) is 0 Å². The van der Waals surface area contributed by atoms with E-state index < -0.39 is 0 Å². The Balaban J connectivity index is 1.33. The number of allylic oxidation sites excluding steroid dienone is 8. The fourth-order valence-electron chi connectivity index (χ4n) is 8.94. The zero-order chi connectivity index (χ0) is 34.3. The molecule has 49 heavy (non-hydrogen) atoms. The summed E-state index contributed by atoms with van der Waals surface area (Å²) in [5.41, 5.74) is 13.6. The van der Waals surface area contributed by atoms with Crippen molar-refractivity contribution in [2.45, 2.75) is 78.7 Å². The standard InChI is InChI=1S/C45H51ClN3/c1-7-47-40(32(4)38-30-35(46)24-27-41(38)47)26-22-33-20-21-34(44(33)49(36-15-11-9-12-16-36)37-17-13-10-14-18-37)23-28-43-45(5,6)39-29-31(3)19-25-42(39)48(43)8-2/h9-19,22-27,29,32,38,43H,7-8,20-21,28,30H2,1-6H3/q+1/b34-23+.